The molecule has 0 aliphatic carbocycles. The number of aryl methyl sites for hydroxylation is 1. The van der Waals surface area contributed by atoms with E-state index >= 15 is 0 Å². The lowest BCUT2D eigenvalue weighted by Gasteiger charge is -2.16. The zero-order valence-electron chi connectivity index (χ0n) is 11.0. The summed E-state index contributed by atoms with van der Waals surface area (Å²) in [6.07, 6.45) is 3.61. The van der Waals surface area contributed by atoms with E-state index in [0.29, 0.717) is 5.56 Å². The first kappa shape index (κ1) is 12.8. The molecule has 0 saturated carbocycles. The molecule has 20 heavy (non-hydrogen) atoms. The van der Waals surface area contributed by atoms with Crippen molar-refractivity contribution in [2.75, 3.05) is 0 Å². The number of hydrazine groups is 1. The molecule has 5 heteroatoms. The van der Waals surface area contributed by atoms with E-state index in [1.54, 1.807) is 23.7 Å². The van der Waals surface area contributed by atoms with Crippen LogP contribution in [0, 0.1) is 12.7 Å². The minimum atomic E-state index is -0.301. The second-order valence-corrected chi connectivity index (χ2v) is 4.74. The van der Waals surface area contributed by atoms with E-state index in [4.69, 9.17) is 5.84 Å². The number of hydrogen-bond acceptors (Lipinski definition) is 3. The first-order chi connectivity index (χ1) is 9.70. The Kier molecular flexibility index (Phi) is 3.22. The predicted octanol–water partition coefficient (Wildman–Crippen LogP) is 2.33. The van der Waals surface area contributed by atoms with Gasteiger partial charge in [-0.3, -0.25) is 5.84 Å². The summed E-state index contributed by atoms with van der Waals surface area (Å²) in [5.41, 5.74) is 5.98. The molecule has 1 atom stereocenters. The van der Waals surface area contributed by atoms with Crippen LogP contribution in [0.4, 0.5) is 4.39 Å². The SMILES string of the molecule is Cc1ccc(C(NN)c2cnn3ccccc23)cc1F. The van der Waals surface area contributed by atoms with Crippen LogP contribution in [0.1, 0.15) is 22.7 Å². The molecule has 0 spiro atoms. The molecular formula is C15H15FN4. The molecular weight excluding hydrogens is 255 g/mol. The van der Waals surface area contributed by atoms with Gasteiger partial charge in [0.1, 0.15) is 5.82 Å². The molecule has 0 bridgehead atoms. The lowest BCUT2D eigenvalue weighted by atomic mass is 9.99. The number of fused-ring (bicyclic) bond motifs is 1. The summed E-state index contributed by atoms with van der Waals surface area (Å²) in [4.78, 5) is 0. The number of pyridine rings is 1. The fourth-order valence-corrected chi connectivity index (χ4v) is 2.33. The van der Waals surface area contributed by atoms with Crippen molar-refractivity contribution in [1.29, 1.82) is 0 Å². The van der Waals surface area contributed by atoms with Crippen molar-refractivity contribution in [1.82, 2.24) is 15.0 Å². The third kappa shape index (κ3) is 2.07. The summed E-state index contributed by atoms with van der Waals surface area (Å²) in [7, 11) is 0. The topological polar surface area (TPSA) is 55.3 Å². The van der Waals surface area contributed by atoms with Crippen LogP contribution in [0.2, 0.25) is 0 Å². The zero-order valence-corrected chi connectivity index (χ0v) is 11.0. The Labute approximate surface area is 116 Å². The minimum Gasteiger partial charge on any atom is -0.271 e. The summed E-state index contributed by atoms with van der Waals surface area (Å²) in [5, 5.41) is 4.28. The molecule has 3 aromatic rings. The second kappa shape index (κ2) is 5.03. The number of benzene rings is 1. The molecule has 2 heterocycles. The van der Waals surface area contributed by atoms with Gasteiger partial charge in [-0.05, 0) is 36.2 Å². The molecule has 0 aliphatic rings. The highest BCUT2D eigenvalue weighted by Gasteiger charge is 2.18. The van der Waals surface area contributed by atoms with Crippen molar-refractivity contribution >= 4 is 5.52 Å². The molecule has 3 N–H and O–H groups in total. The minimum absolute atomic E-state index is 0.237. The maximum Gasteiger partial charge on any atom is 0.126 e. The average molecular weight is 270 g/mol. The van der Waals surface area contributed by atoms with Crippen molar-refractivity contribution < 1.29 is 4.39 Å². The van der Waals surface area contributed by atoms with Gasteiger partial charge < -0.3 is 0 Å². The number of hydrogen-bond donors (Lipinski definition) is 2. The molecule has 1 aromatic carbocycles. The molecule has 4 nitrogen and oxygen atoms in total. The van der Waals surface area contributed by atoms with E-state index in [9.17, 15) is 4.39 Å². The highest BCUT2D eigenvalue weighted by molar-refractivity contribution is 5.57. The Morgan fingerprint density at radius 3 is 2.90 bits per heavy atom. The Morgan fingerprint density at radius 2 is 2.15 bits per heavy atom. The van der Waals surface area contributed by atoms with E-state index < -0.39 is 0 Å². The summed E-state index contributed by atoms with van der Waals surface area (Å²) >= 11 is 0. The van der Waals surface area contributed by atoms with Gasteiger partial charge in [0.05, 0.1) is 17.8 Å². The molecule has 2 aromatic heterocycles. The third-order valence-corrected chi connectivity index (χ3v) is 3.46. The van der Waals surface area contributed by atoms with E-state index in [1.165, 1.54) is 6.07 Å². The van der Waals surface area contributed by atoms with Crippen molar-refractivity contribution in [2.24, 2.45) is 5.84 Å². The van der Waals surface area contributed by atoms with E-state index in [1.807, 2.05) is 30.5 Å². The van der Waals surface area contributed by atoms with Crippen LogP contribution in [0.15, 0.2) is 48.8 Å². The van der Waals surface area contributed by atoms with Gasteiger partial charge in [-0.15, -0.1) is 0 Å². The average Bonchev–Trinajstić information content (AvgIpc) is 2.88. The number of halogens is 1. The third-order valence-electron chi connectivity index (χ3n) is 3.46. The maximum absolute atomic E-state index is 13.7. The lowest BCUT2D eigenvalue weighted by molar-refractivity contribution is 0.600. The Bertz CT molecular complexity index is 750. The first-order valence-electron chi connectivity index (χ1n) is 6.35. The maximum atomic E-state index is 13.7. The fraction of sp³-hybridized carbons (Fsp3) is 0.133. The smallest absolute Gasteiger partial charge is 0.126 e. The van der Waals surface area contributed by atoms with Crippen LogP contribution in [0.25, 0.3) is 5.52 Å². The Morgan fingerprint density at radius 1 is 1.30 bits per heavy atom. The molecule has 0 aliphatic heterocycles. The van der Waals surface area contributed by atoms with Gasteiger partial charge in [-0.25, -0.2) is 14.3 Å². The summed E-state index contributed by atoms with van der Waals surface area (Å²) in [6, 6.07) is 10.6. The first-order valence-corrected chi connectivity index (χ1v) is 6.35. The number of nitrogens with zero attached hydrogens (tertiary/aromatic N) is 2. The number of nitrogens with two attached hydrogens (primary N) is 1. The predicted molar refractivity (Wildman–Crippen MR) is 75.5 cm³/mol. The molecule has 0 amide bonds. The van der Waals surface area contributed by atoms with Crippen LogP contribution in [0.5, 0.6) is 0 Å². The molecule has 0 saturated heterocycles. The molecule has 102 valence electrons. The summed E-state index contributed by atoms with van der Waals surface area (Å²) in [5.74, 6) is 5.43. The van der Waals surface area contributed by atoms with Crippen molar-refractivity contribution in [3.63, 3.8) is 0 Å². The van der Waals surface area contributed by atoms with Crippen molar-refractivity contribution in [3.8, 4) is 0 Å². The standard InChI is InChI=1S/C15H15FN4/c1-10-5-6-11(8-13(10)16)15(19-17)12-9-18-20-7-3-2-4-14(12)20/h2-9,15,19H,17H2,1H3. The largest absolute Gasteiger partial charge is 0.271 e. The summed E-state index contributed by atoms with van der Waals surface area (Å²) < 4.78 is 15.5. The van der Waals surface area contributed by atoms with Gasteiger partial charge in [0.25, 0.3) is 0 Å². The number of rotatable bonds is 3. The lowest BCUT2D eigenvalue weighted by Crippen LogP contribution is -2.28. The number of nitrogens with one attached hydrogen (secondary N) is 1. The van der Waals surface area contributed by atoms with Crippen molar-refractivity contribution in [2.45, 2.75) is 13.0 Å². The van der Waals surface area contributed by atoms with Gasteiger partial charge in [-0.1, -0.05) is 18.2 Å². The van der Waals surface area contributed by atoms with Crippen LogP contribution in [-0.2, 0) is 0 Å². The normalized spacial score (nSPS) is 12.8. The highest BCUT2D eigenvalue weighted by atomic mass is 19.1. The quantitative estimate of drug-likeness (QED) is 0.567. The van der Waals surface area contributed by atoms with Gasteiger partial charge in [0.2, 0.25) is 0 Å². The Balaban J connectivity index is 2.11. The Hall–Kier alpha value is -2.24. The monoisotopic (exact) mass is 270 g/mol. The van der Waals surface area contributed by atoms with E-state index in [-0.39, 0.29) is 11.9 Å². The van der Waals surface area contributed by atoms with Crippen LogP contribution in [0.3, 0.4) is 0 Å². The van der Waals surface area contributed by atoms with E-state index in [2.05, 4.69) is 10.5 Å². The van der Waals surface area contributed by atoms with Crippen LogP contribution < -0.4 is 11.3 Å². The van der Waals surface area contributed by atoms with Gasteiger partial charge in [-0.2, -0.15) is 5.10 Å². The zero-order chi connectivity index (χ0) is 14.1. The highest BCUT2D eigenvalue weighted by Crippen LogP contribution is 2.26. The van der Waals surface area contributed by atoms with Gasteiger partial charge >= 0.3 is 0 Å². The molecule has 1 unspecified atom stereocenters. The van der Waals surface area contributed by atoms with Crippen LogP contribution in [-0.4, -0.2) is 9.61 Å². The van der Waals surface area contributed by atoms with Crippen molar-refractivity contribution in [3.05, 3.63) is 71.3 Å². The van der Waals surface area contributed by atoms with Gasteiger partial charge in [0, 0.05) is 11.8 Å². The molecule has 0 fully saturated rings. The van der Waals surface area contributed by atoms with E-state index in [0.717, 1.165) is 16.6 Å². The number of aromatic nitrogens is 2. The molecule has 3 rings (SSSR count). The summed E-state index contributed by atoms with van der Waals surface area (Å²) in [6.45, 7) is 1.74. The second-order valence-electron chi connectivity index (χ2n) is 4.74. The van der Waals surface area contributed by atoms with Gasteiger partial charge in [0.15, 0.2) is 0 Å². The van der Waals surface area contributed by atoms with Crippen LogP contribution >= 0.6 is 0 Å². The fourth-order valence-electron chi connectivity index (χ4n) is 2.33. The molecule has 0 radical (unpaired) electrons.